The predicted molar refractivity (Wildman–Crippen MR) is 100 cm³/mol. The molecule has 10 heteroatoms. The molecule has 2 aromatic carbocycles. The van der Waals surface area contributed by atoms with E-state index in [-0.39, 0.29) is 16.3 Å². The van der Waals surface area contributed by atoms with Crippen LogP contribution in [0.4, 0.5) is 5.69 Å². The lowest BCUT2D eigenvalue weighted by atomic mass is 10.1. The smallest absolute Gasteiger partial charge is 0.276 e. The summed E-state index contributed by atoms with van der Waals surface area (Å²) in [5, 5.41) is 14.9. The molecule has 0 bridgehead atoms. The second-order valence-corrected chi connectivity index (χ2v) is 7.41. The predicted octanol–water partition coefficient (Wildman–Crippen LogP) is 3.82. The number of halogens is 1. The van der Waals surface area contributed by atoms with Gasteiger partial charge in [0.2, 0.25) is 0 Å². The molecule has 0 radical (unpaired) electrons. The second kappa shape index (κ2) is 7.60. The highest BCUT2D eigenvalue weighted by molar-refractivity contribution is 7.89. The fraction of sp³-hybridized carbons (Fsp3) is 0. The van der Waals surface area contributed by atoms with Crippen LogP contribution in [0, 0.1) is 10.1 Å². The number of rotatable bonds is 6. The zero-order valence-electron chi connectivity index (χ0n) is 13.6. The second-order valence-electron chi connectivity index (χ2n) is 5.32. The quantitative estimate of drug-likeness (QED) is 0.380. The van der Waals surface area contributed by atoms with E-state index < -0.39 is 14.9 Å². The average molecular weight is 406 g/mol. The summed E-state index contributed by atoms with van der Waals surface area (Å²) in [7, 11) is -3.83. The third-order valence-electron chi connectivity index (χ3n) is 3.46. The van der Waals surface area contributed by atoms with Crippen LogP contribution in [0.2, 0.25) is 5.02 Å². The zero-order valence-corrected chi connectivity index (χ0v) is 15.1. The molecule has 0 aliphatic heterocycles. The van der Waals surface area contributed by atoms with Crippen LogP contribution in [0.15, 0.2) is 75.1 Å². The summed E-state index contributed by atoms with van der Waals surface area (Å²) in [5.41, 5.74) is 0.459. The third kappa shape index (κ3) is 4.52. The van der Waals surface area contributed by atoms with Gasteiger partial charge in [0.15, 0.2) is 0 Å². The molecule has 0 spiro atoms. The summed E-state index contributed by atoms with van der Waals surface area (Å²) in [6.45, 7) is 0. The topological polar surface area (TPSA) is 115 Å². The summed E-state index contributed by atoms with van der Waals surface area (Å²) in [6, 6.07) is 14.8. The van der Waals surface area contributed by atoms with Crippen molar-refractivity contribution in [3.8, 4) is 11.3 Å². The van der Waals surface area contributed by atoms with E-state index >= 15 is 0 Å². The van der Waals surface area contributed by atoms with Crippen molar-refractivity contribution < 1.29 is 17.8 Å². The van der Waals surface area contributed by atoms with E-state index in [2.05, 4.69) is 9.93 Å². The lowest BCUT2D eigenvalue weighted by Crippen LogP contribution is -2.18. The first kappa shape index (κ1) is 18.6. The monoisotopic (exact) mass is 405 g/mol. The number of hydrogen-bond acceptors (Lipinski definition) is 6. The average Bonchev–Trinajstić information content (AvgIpc) is 3.11. The van der Waals surface area contributed by atoms with Crippen LogP contribution in [0.25, 0.3) is 11.3 Å². The molecule has 0 saturated carbocycles. The van der Waals surface area contributed by atoms with Crippen LogP contribution in [-0.2, 0) is 10.0 Å². The molecule has 3 aromatic rings. The number of nitro groups is 1. The molecule has 27 heavy (non-hydrogen) atoms. The van der Waals surface area contributed by atoms with Gasteiger partial charge in [-0.15, -0.1) is 0 Å². The van der Waals surface area contributed by atoms with E-state index in [1.54, 1.807) is 24.3 Å². The Morgan fingerprint density at radius 3 is 2.56 bits per heavy atom. The Balaban J connectivity index is 1.73. The molecule has 138 valence electrons. The lowest BCUT2D eigenvalue weighted by molar-refractivity contribution is -0.384. The summed E-state index contributed by atoms with van der Waals surface area (Å²) in [5.74, 6) is 0.663. The van der Waals surface area contributed by atoms with Gasteiger partial charge in [0, 0.05) is 22.7 Å². The molecule has 0 saturated heterocycles. The third-order valence-corrected chi connectivity index (χ3v) is 4.95. The van der Waals surface area contributed by atoms with E-state index in [1.807, 2.05) is 0 Å². The minimum Gasteiger partial charge on any atom is -0.455 e. The first-order valence-corrected chi connectivity index (χ1v) is 9.36. The van der Waals surface area contributed by atoms with Gasteiger partial charge >= 0.3 is 0 Å². The van der Waals surface area contributed by atoms with Gasteiger partial charge in [-0.3, -0.25) is 10.1 Å². The van der Waals surface area contributed by atoms with Crippen LogP contribution in [-0.4, -0.2) is 19.6 Å². The van der Waals surface area contributed by atoms with Crippen LogP contribution >= 0.6 is 11.6 Å². The standard InChI is InChI=1S/C17H12ClN3O5S/c18-13-4-7-16(8-5-13)27(24,25)20-19-11-15-6-9-17(26-15)12-2-1-3-14(10-12)21(22)23/h1-11,20H/b19-11+. The van der Waals surface area contributed by atoms with E-state index in [0.717, 1.165) is 0 Å². The summed E-state index contributed by atoms with van der Waals surface area (Å²) in [6.07, 6.45) is 1.19. The highest BCUT2D eigenvalue weighted by Crippen LogP contribution is 2.25. The largest absolute Gasteiger partial charge is 0.455 e. The highest BCUT2D eigenvalue weighted by Gasteiger charge is 2.13. The van der Waals surface area contributed by atoms with Gasteiger partial charge in [-0.25, -0.2) is 0 Å². The van der Waals surface area contributed by atoms with Gasteiger partial charge in [-0.2, -0.15) is 18.4 Å². The Morgan fingerprint density at radius 1 is 1.11 bits per heavy atom. The van der Waals surface area contributed by atoms with Crippen molar-refractivity contribution >= 4 is 33.5 Å². The number of hydrazone groups is 1. The maximum Gasteiger partial charge on any atom is 0.276 e. The van der Waals surface area contributed by atoms with E-state index in [1.165, 1.54) is 42.6 Å². The molecule has 1 N–H and O–H groups in total. The van der Waals surface area contributed by atoms with Gasteiger partial charge in [0.05, 0.1) is 16.0 Å². The number of sulfonamides is 1. The van der Waals surface area contributed by atoms with Crippen molar-refractivity contribution in [1.82, 2.24) is 4.83 Å². The minimum atomic E-state index is -3.83. The minimum absolute atomic E-state index is 0.0146. The molecule has 0 aliphatic rings. The van der Waals surface area contributed by atoms with Crippen molar-refractivity contribution in [1.29, 1.82) is 0 Å². The van der Waals surface area contributed by atoms with Crippen LogP contribution in [0.5, 0.6) is 0 Å². The summed E-state index contributed by atoms with van der Waals surface area (Å²) < 4.78 is 29.7. The maximum absolute atomic E-state index is 12.1. The van der Waals surface area contributed by atoms with Gasteiger partial charge in [0.25, 0.3) is 15.7 Å². The fourth-order valence-corrected chi connectivity index (χ4v) is 3.09. The molecule has 1 heterocycles. The van der Waals surface area contributed by atoms with E-state index in [4.69, 9.17) is 16.0 Å². The van der Waals surface area contributed by atoms with Crippen molar-refractivity contribution in [3.05, 3.63) is 81.6 Å². The Morgan fingerprint density at radius 2 is 1.85 bits per heavy atom. The number of non-ortho nitro benzene ring substituents is 1. The molecule has 1 aromatic heterocycles. The van der Waals surface area contributed by atoms with Gasteiger partial charge in [0.1, 0.15) is 11.5 Å². The Kier molecular flexibility index (Phi) is 5.24. The van der Waals surface area contributed by atoms with Gasteiger partial charge in [-0.05, 0) is 36.4 Å². The molecular formula is C17H12ClN3O5S. The number of nitrogens with one attached hydrogen (secondary N) is 1. The molecular weight excluding hydrogens is 394 g/mol. The SMILES string of the molecule is O=[N+]([O-])c1cccc(-c2ccc(/C=N/NS(=O)(=O)c3ccc(Cl)cc3)o2)c1. The van der Waals surface area contributed by atoms with Crippen molar-refractivity contribution in [2.75, 3.05) is 0 Å². The van der Waals surface area contributed by atoms with Gasteiger partial charge in [-0.1, -0.05) is 23.7 Å². The van der Waals surface area contributed by atoms with Crippen molar-refractivity contribution in [3.63, 3.8) is 0 Å². The van der Waals surface area contributed by atoms with Crippen molar-refractivity contribution in [2.24, 2.45) is 5.10 Å². The highest BCUT2D eigenvalue weighted by atomic mass is 35.5. The number of furan rings is 1. The number of hydrogen-bond donors (Lipinski definition) is 1. The van der Waals surface area contributed by atoms with Crippen LogP contribution in [0.3, 0.4) is 0 Å². The summed E-state index contributed by atoms with van der Waals surface area (Å²) >= 11 is 5.73. The Hall–Kier alpha value is -3.17. The number of nitro benzene ring substituents is 1. The van der Waals surface area contributed by atoms with E-state index in [0.29, 0.717) is 16.3 Å². The number of benzene rings is 2. The van der Waals surface area contributed by atoms with Gasteiger partial charge < -0.3 is 4.42 Å². The molecule has 0 unspecified atom stereocenters. The molecule has 0 amide bonds. The summed E-state index contributed by atoms with van der Waals surface area (Å²) in [4.78, 5) is 12.4. The van der Waals surface area contributed by atoms with Crippen LogP contribution in [0.1, 0.15) is 5.76 Å². The maximum atomic E-state index is 12.1. The lowest BCUT2D eigenvalue weighted by Gasteiger charge is -2.02. The Labute approximate surface area is 159 Å². The first-order chi connectivity index (χ1) is 12.8. The molecule has 0 fully saturated rings. The molecule has 8 nitrogen and oxygen atoms in total. The molecule has 0 aliphatic carbocycles. The first-order valence-electron chi connectivity index (χ1n) is 7.50. The molecule has 3 rings (SSSR count). The zero-order chi connectivity index (χ0) is 19.4. The van der Waals surface area contributed by atoms with Crippen LogP contribution < -0.4 is 4.83 Å². The fourth-order valence-electron chi connectivity index (χ4n) is 2.18. The normalized spacial score (nSPS) is 11.6. The Bertz CT molecular complexity index is 1110. The number of nitrogens with zero attached hydrogens (tertiary/aromatic N) is 2. The van der Waals surface area contributed by atoms with Crippen molar-refractivity contribution in [2.45, 2.75) is 4.90 Å². The van der Waals surface area contributed by atoms with E-state index in [9.17, 15) is 18.5 Å². The molecule has 0 atom stereocenters.